The summed E-state index contributed by atoms with van der Waals surface area (Å²) in [6.45, 7) is 6.03. The number of nitrogens with zero attached hydrogens (tertiary/aromatic N) is 1. The van der Waals surface area contributed by atoms with Gasteiger partial charge in [0.05, 0.1) is 11.3 Å². The number of hydrogen-bond acceptors (Lipinski definition) is 3. The average Bonchev–Trinajstić information content (AvgIpc) is 2.80. The summed E-state index contributed by atoms with van der Waals surface area (Å²) in [4.78, 5) is 25.7. The Morgan fingerprint density at radius 2 is 1.86 bits per heavy atom. The van der Waals surface area contributed by atoms with E-state index < -0.39 is 17.3 Å². The third kappa shape index (κ3) is 2.73. The zero-order valence-electron chi connectivity index (χ0n) is 12.7. The van der Waals surface area contributed by atoms with Gasteiger partial charge in [0.25, 0.3) is 0 Å². The van der Waals surface area contributed by atoms with Crippen LogP contribution >= 0.6 is 0 Å². The molecule has 5 nitrogen and oxygen atoms in total. The molecule has 0 radical (unpaired) electrons. The van der Waals surface area contributed by atoms with Gasteiger partial charge in [-0.25, -0.2) is 0 Å². The van der Waals surface area contributed by atoms with Gasteiger partial charge in [-0.15, -0.1) is 0 Å². The van der Waals surface area contributed by atoms with Crippen LogP contribution in [-0.2, 0) is 15.0 Å². The Morgan fingerprint density at radius 1 is 1.29 bits per heavy atom. The molecule has 0 spiro atoms. The first kappa shape index (κ1) is 15.4. The minimum Gasteiger partial charge on any atom is -0.481 e. The highest BCUT2D eigenvalue weighted by molar-refractivity contribution is 5.88. The predicted octanol–water partition coefficient (Wildman–Crippen LogP) is 1.87. The molecule has 3 N–H and O–H groups in total. The van der Waals surface area contributed by atoms with E-state index in [2.05, 4.69) is 0 Å². The van der Waals surface area contributed by atoms with E-state index in [1.165, 1.54) is 0 Å². The Balaban J connectivity index is 2.23. The lowest BCUT2D eigenvalue weighted by Gasteiger charge is -2.33. The molecule has 114 valence electrons. The van der Waals surface area contributed by atoms with Crippen molar-refractivity contribution in [2.24, 2.45) is 5.92 Å². The second kappa shape index (κ2) is 5.39. The number of nitrogen functional groups attached to an aromatic ring is 1. The van der Waals surface area contributed by atoms with E-state index >= 15 is 0 Å². The van der Waals surface area contributed by atoms with Crippen molar-refractivity contribution in [1.29, 1.82) is 0 Å². The second-order valence-electron chi connectivity index (χ2n) is 6.22. The quantitative estimate of drug-likeness (QED) is 0.832. The Morgan fingerprint density at radius 3 is 2.33 bits per heavy atom. The van der Waals surface area contributed by atoms with Gasteiger partial charge in [0, 0.05) is 18.3 Å². The molecule has 0 saturated carbocycles. The number of amides is 1. The molecule has 0 bridgehead atoms. The average molecular weight is 290 g/mol. The summed E-state index contributed by atoms with van der Waals surface area (Å²) in [7, 11) is 0. The summed E-state index contributed by atoms with van der Waals surface area (Å²) in [5.74, 6) is -1.34. The minimum absolute atomic E-state index is 0.0384. The van der Waals surface area contributed by atoms with Crippen molar-refractivity contribution in [2.75, 3.05) is 12.3 Å². The van der Waals surface area contributed by atoms with E-state index in [0.29, 0.717) is 18.7 Å². The molecule has 1 saturated heterocycles. The zero-order chi connectivity index (χ0) is 15.8. The van der Waals surface area contributed by atoms with E-state index in [9.17, 15) is 14.7 Å². The number of rotatable bonds is 3. The maximum Gasteiger partial charge on any atom is 0.308 e. The molecule has 2 rings (SSSR count). The van der Waals surface area contributed by atoms with Crippen molar-refractivity contribution in [3.05, 3.63) is 29.8 Å². The molecule has 2 unspecified atom stereocenters. The molecule has 21 heavy (non-hydrogen) atoms. The van der Waals surface area contributed by atoms with E-state index in [0.717, 1.165) is 5.56 Å². The van der Waals surface area contributed by atoms with Gasteiger partial charge in [-0.2, -0.15) is 0 Å². The number of carboxylic acids is 1. The van der Waals surface area contributed by atoms with Crippen molar-refractivity contribution >= 4 is 17.6 Å². The lowest BCUT2D eigenvalue weighted by Crippen LogP contribution is -2.46. The van der Waals surface area contributed by atoms with Crippen LogP contribution in [0.1, 0.15) is 32.8 Å². The van der Waals surface area contributed by atoms with Gasteiger partial charge in [-0.1, -0.05) is 12.1 Å². The number of carbonyl (C=O) groups excluding carboxylic acids is 1. The number of aliphatic carboxylic acids is 1. The first-order valence-electron chi connectivity index (χ1n) is 7.15. The van der Waals surface area contributed by atoms with Gasteiger partial charge in [0.2, 0.25) is 5.91 Å². The van der Waals surface area contributed by atoms with Crippen molar-refractivity contribution in [2.45, 2.75) is 38.6 Å². The topological polar surface area (TPSA) is 83.6 Å². The molecule has 1 aliphatic rings. The molecule has 1 aliphatic heterocycles. The number of anilines is 1. The fourth-order valence-electron chi connectivity index (χ4n) is 2.94. The smallest absolute Gasteiger partial charge is 0.308 e. The Kier molecular flexibility index (Phi) is 3.94. The molecular weight excluding hydrogens is 268 g/mol. The molecule has 1 fully saturated rings. The Bertz CT molecular complexity index is 551. The van der Waals surface area contributed by atoms with Crippen LogP contribution in [-0.4, -0.2) is 34.5 Å². The van der Waals surface area contributed by atoms with Crippen molar-refractivity contribution in [3.8, 4) is 0 Å². The fraction of sp³-hybridized carbons (Fsp3) is 0.500. The summed E-state index contributed by atoms with van der Waals surface area (Å²) in [5.41, 5.74) is 6.52. The first-order chi connectivity index (χ1) is 9.75. The number of hydrogen-bond donors (Lipinski definition) is 2. The summed E-state index contributed by atoms with van der Waals surface area (Å²) >= 11 is 0. The largest absolute Gasteiger partial charge is 0.481 e. The van der Waals surface area contributed by atoms with Crippen LogP contribution in [0.15, 0.2) is 24.3 Å². The van der Waals surface area contributed by atoms with E-state index in [-0.39, 0.29) is 11.9 Å². The summed E-state index contributed by atoms with van der Waals surface area (Å²) in [5, 5.41) is 9.18. The molecule has 2 atom stereocenters. The molecular formula is C16H22N2O3. The van der Waals surface area contributed by atoms with Crippen LogP contribution in [0, 0.1) is 5.92 Å². The second-order valence-corrected chi connectivity index (χ2v) is 6.22. The Labute approximate surface area is 124 Å². The van der Waals surface area contributed by atoms with Gasteiger partial charge in [-0.3, -0.25) is 9.59 Å². The van der Waals surface area contributed by atoms with Crippen LogP contribution < -0.4 is 5.73 Å². The van der Waals surface area contributed by atoms with E-state index in [1.54, 1.807) is 17.0 Å². The SMILES string of the molecule is CC1C(C(=O)O)CCN1C(=O)C(C)(C)c1ccc(N)cc1. The van der Waals surface area contributed by atoms with Crippen LogP contribution in [0.3, 0.4) is 0 Å². The predicted molar refractivity (Wildman–Crippen MR) is 80.8 cm³/mol. The molecule has 0 aliphatic carbocycles. The zero-order valence-corrected chi connectivity index (χ0v) is 12.7. The standard InChI is InChI=1S/C16H22N2O3/c1-10-13(14(19)20)8-9-18(10)15(21)16(2,3)11-4-6-12(17)7-5-11/h4-7,10,13H,8-9,17H2,1-3H3,(H,19,20). The highest BCUT2D eigenvalue weighted by Crippen LogP contribution is 2.32. The lowest BCUT2D eigenvalue weighted by atomic mass is 9.83. The first-order valence-corrected chi connectivity index (χ1v) is 7.15. The lowest BCUT2D eigenvalue weighted by molar-refractivity contribution is -0.143. The van der Waals surface area contributed by atoms with Gasteiger partial charge in [0.1, 0.15) is 0 Å². The van der Waals surface area contributed by atoms with Crippen LogP contribution in [0.25, 0.3) is 0 Å². The maximum absolute atomic E-state index is 12.8. The fourth-order valence-corrected chi connectivity index (χ4v) is 2.94. The van der Waals surface area contributed by atoms with E-state index in [4.69, 9.17) is 5.73 Å². The van der Waals surface area contributed by atoms with Gasteiger partial charge < -0.3 is 15.7 Å². The van der Waals surface area contributed by atoms with Crippen molar-refractivity contribution in [3.63, 3.8) is 0 Å². The van der Waals surface area contributed by atoms with E-state index in [1.807, 2.05) is 32.9 Å². The molecule has 1 aromatic carbocycles. The summed E-state index contributed by atoms with van der Waals surface area (Å²) in [6, 6.07) is 6.98. The van der Waals surface area contributed by atoms with Crippen molar-refractivity contribution < 1.29 is 14.7 Å². The monoisotopic (exact) mass is 290 g/mol. The van der Waals surface area contributed by atoms with Crippen LogP contribution in [0.5, 0.6) is 0 Å². The highest BCUT2D eigenvalue weighted by atomic mass is 16.4. The molecule has 1 aromatic rings. The number of carbonyl (C=O) groups is 2. The van der Waals surface area contributed by atoms with Gasteiger partial charge >= 0.3 is 5.97 Å². The molecule has 1 heterocycles. The highest BCUT2D eigenvalue weighted by Gasteiger charge is 2.43. The molecule has 1 amide bonds. The number of nitrogens with two attached hydrogens (primary N) is 1. The van der Waals surface area contributed by atoms with Crippen molar-refractivity contribution in [1.82, 2.24) is 4.90 Å². The molecule has 5 heteroatoms. The van der Waals surface area contributed by atoms with Crippen LogP contribution in [0.4, 0.5) is 5.69 Å². The minimum atomic E-state index is -0.830. The van der Waals surface area contributed by atoms with Gasteiger partial charge in [-0.05, 0) is 44.9 Å². The third-order valence-electron chi connectivity index (χ3n) is 4.50. The van der Waals surface area contributed by atoms with Gasteiger partial charge in [0.15, 0.2) is 0 Å². The molecule has 0 aromatic heterocycles. The third-order valence-corrected chi connectivity index (χ3v) is 4.50. The van der Waals surface area contributed by atoms with Crippen LogP contribution in [0.2, 0.25) is 0 Å². The normalized spacial score (nSPS) is 22.3. The maximum atomic E-state index is 12.8. The number of likely N-dealkylation sites (tertiary alicyclic amines) is 1. The number of benzene rings is 1. The summed E-state index contributed by atoms with van der Waals surface area (Å²) in [6.07, 6.45) is 0.514. The summed E-state index contributed by atoms with van der Waals surface area (Å²) < 4.78 is 0. The Hall–Kier alpha value is -2.04. The number of carboxylic acid groups (broad SMARTS) is 1.